The normalized spacial score (nSPS) is 11.0. The largest absolute Gasteiger partial charge is 0.493 e. The summed E-state index contributed by atoms with van der Waals surface area (Å²) in [5, 5.41) is 0. The van der Waals surface area contributed by atoms with Crippen LogP contribution in [-0.4, -0.2) is 31.6 Å². The molecule has 0 saturated heterocycles. The summed E-state index contributed by atoms with van der Waals surface area (Å²) in [5.41, 5.74) is 3.61. The maximum absolute atomic E-state index is 12.7. The molecule has 0 aliphatic rings. The number of ether oxygens (including phenoxy) is 3. The van der Waals surface area contributed by atoms with Crippen LogP contribution in [0.1, 0.15) is 29.8 Å². The third-order valence-corrected chi connectivity index (χ3v) is 3.64. The van der Waals surface area contributed by atoms with Gasteiger partial charge in [0, 0.05) is 5.56 Å². The highest BCUT2D eigenvalue weighted by atomic mass is 19.4. The number of hydrazine groups is 1. The Hall–Kier alpha value is -3.43. The fourth-order valence-electron chi connectivity index (χ4n) is 2.31. The first kappa shape index (κ1) is 22.9. The summed E-state index contributed by atoms with van der Waals surface area (Å²) >= 11 is 0. The van der Waals surface area contributed by atoms with E-state index in [1.54, 1.807) is 6.07 Å². The predicted octanol–water partition coefficient (Wildman–Crippen LogP) is 3.34. The molecule has 0 aliphatic carbocycles. The Morgan fingerprint density at radius 2 is 1.77 bits per heavy atom. The molecule has 2 amide bonds. The van der Waals surface area contributed by atoms with Gasteiger partial charge in [0.2, 0.25) is 0 Å². The SMILES string of the molecule is COc1cc(C(=O)NNC(=O)COc2cccc(C(F)(F)F)c2)ccc1OC(C)C. The van der Waals surface area contributed by atoms with Gasteiger partial charge in [-0.15, -0.1) is 0 Å². The number of hydrogen-bond donors (Lipinski definition) is 2. The van der Waals surface area contributed by atoms with Crippen LogP contribution in [0.5, 0.6) is 17.2 Å². The van der Waals surface area contributed by atoms with Crippen LogP contribution >= 0.6 is 0 Å². The number of carbonyl (C=O) groups is 2. The second kappa shape index (κ2) is 9.86. The van der Waals surface area contributed by atoms with Crippen LogP contribution in [0.15, 0.2) is 42.5 Å². The van der Waals surface area contributed by atoms with E-state index < -0.39 is 30.2 Å². The summed E-state index contributed by atoms with van der Waals surface area (Å²) in [6.45, 7) is 3.10. The number of methoxy groups -OCH3 is 1. The molecule has 10 heteroatoms. The Morgan fingerprint density at radius 3 is 2.40 bits per heavy atom. The quantitative estimate of drug-likeness (QED) is 0.664. The molecule has 0 spiro atoms. The molecule has 2 aromatic rings. The van der Waals surface area contributed by atoms with Crippen molar-refractivity contribution in [3.8, 4) is 17.2 Å². The molecular weight excluding hydrogens is 405 g/mol. The summed E-state index contributed by atoms with van der Waals surface area (Å²) in [5.74, 6) is -0.709. The summed E-state index contributed by atoms with van der Waals surface area (Å²) < 4.78 is 53.8. The Bertz CT molecular complexity index is 900. The summed E-state index contributed by atoms with van der Waals surface area (Å²) in [6, 6.07) is 8.61. The van der Waals surface area contributed by atoms with Gasteiger partial charge in [0.15, 0.2) is 18.1 Å². The Morgan fingerprint density at radius 1 is 1.03 bits per heavy atom. The van der Waals surface area contributed by atoms with E-state index in [9.17, 15) is 22.8 Å². The molecule has 0 atom stereocenters. The van der Waals surface area contributed by atoms with Crippen LogP contribution in [0.2, 0.25) is 0 Å². The molecule has 0 aromatic heterocycles. The van der Waals surface area contributed by atoms with Crippen molar-refractivity contribution in [3.05, 3.63) is 53.6 Å². The van der Waals surface area contributed by atoms with Gasteiger partial charge in [0.05, 0.1) is 18.8 Å². The molecule has 0 unspecified atom stereocenters. The third kappa shape index (κ3) is 6.57. The monoisotopic (exact) mass is 426 g/mol. The van der Waals surface area contributed by atoms with Crippen molar-refractivity contribution in [2.75, 3.05) is 13.7 Å². The Labute approximate surface area is 171 Å². The van der Waals surface area contributed by atoms with E-state index in [0.29, 0.717) is 11.5 Å². The van der Waals surface area contributed by atoms with Crippen LogP contribution in [-0.2, 0) is 11.0 Å². The fourth-order valence-corrected chi connectivity index (χ4v) is 2.31. The number of carbonyl (C=O) groups excluding carboxylic acids is 2. The second-order valence-corrected chi connectivity index (χ2v) is 6.35. The Kier molecular flexibility index (Phi) is 7.51. The second-order valence-electron chi connectivity index (χ2n) is 6.35. The lowest BCUT2D eigenvalue weighted by molar-refractivity contribution is -0.137. The molecule has 30 heavy (non-hydrogen) atoms. The first-order valence-corrected chi connectivity index (χ1v) is 8.84. The van der Waals surface area contributed by atoms with E-state index in [1.807, 2.05) is 13.8 Å². The first-order valence-electron chi connectivity index (χ1n) is 8.84. The van der Waals surface area contributed by atoms with Gasteiger partial charge in [0.1, 0.15) is 5.75 Å². The summed E-state index contributed by atoms with van der Waals surface area (Å²) in [4.78, 5) is 24.0. The lowest BCUT2D eigenvalue weighted by atomic mass is 10.2. The van der Waals surface area contributed by atoms with Gasteiger partial charge in [-0.1, -0.05) is 6.07 Å². The van der Waals surface area contributed by atoms with Crippen molar-refractivity contribution < 1.29 is 37.0 Å². The van der Waals surface area contributed by atoms with E-state index in [0.717, 1.165) is 18.2 Å². The minimum absolute atomic E-state index is 0.0882. The molecule has 0 saturated carbocycles. The van der Waals surface area contributed by atoms with Gasteiger partial charge in [0.25, 0.3) is 11.8 Å². The zero-order valence-electron chi connectivity index (χ0n) is 16.5. The van der Waals surface area contributed by atoms with Gasteiger partial charge >= 0.3 is 6.18 Å². The highest BCUT2D eigenvalue weighted by Gasteiger charge is 2.30. The number of hydrogen-bond acceptors (Lipinski definition) is 5. The lowest BCUT2D eigenvalue weighted by Gasteiger charge is -2.14. The van der Waals surface area contributed by atoms with Gasteiger partial charge in [-0.3, -0.25) is 20.4 Å². The number of amides is 2. The first-order chi connectivity index (χ1) is 14.1. The predicted molar refractivity (Wildman–Crippen MR) is 101 cm³/mol. The maximum Gasteiger partial charge on any atom is 0.416 e. The van der Waals surface area contributed by atoms with Crippen LogP contribution < -0.4 is 25.1 Å². The van der Waals surface area contributed by atoms with Crippen molar-refractivity contribution in [2.45, 2.75) is 26.1 Å². The van der Waals surface area contributed by atoms with Gasteiger partial charge in [-0.25, -0.2) is 0 Å². The smallest absolute Gasteiger partial charge is 0.416 e. The summed E-state index contributed by atoms with van der Waals surface area (Å²) in [7, 11) is 1.43. The van der Waals surface area contributed by atoms with Crippen molar-refractivity contribution >= 4 is 11.8 Å². The molecule has 0 aliphatic heterocycles. The standard InChI is InChI=1S/C20H21F3N2O5/c1-12(2)30-16-8-7-13(9-17(16)28-3)19(27)25-24-18(26)11-29-15-6-4-5-14(10-15)20(21,22)23/h4-10,12H,11H2,1-3H3,(H,24,26)(H,25,27). The zero-order valence-corrected chi connectivity index (χ0v) is 16.5. The number of alkyl halides is 3. The zero-order chi connectivity index (χ0) is 22.3. The van der Waals surface area contributed by atoms with E-state index in [1.165, 1.54) is 25.3 Å². The summed E-state index contributed by atoms with van der Waals surface area (Å²) in [6.07, 6.45) is -4.61. The van der Waals surface area contributed by atoms with Gasteiger partial charge < -0.3 is 14.2 Å². The van der Waals surface area contributed by atoms with E-state index in [2.05, 4.69) is 10.9 Å². The molecule has 0 heterocycles. The van der Waals surface area contributed by atoms with Gasteiger partial charge in [-0.2, -0.15) is 13.2 Å². The van der Waals surface area contributed by atoms with Crippen molar-refractivity contribution in [1.82, 2.24) is 10.9 Å². The van der Waals surface area contributed by atoms with E-state index in [4.69, 9.17) is 14.2 Å². The molecule has 0 fully saturated rings. The minimum atomic E-state index is -4.52. The van der Waals surface area contributed by atoms with E-state index in [-0.39, 0.29) is 17.4 Å². The van der Waals surface area contributed by atoms with E-state index >= 15 is 0 Å². The molecule has 2 N–H and O–H groups in total. The van der Waals surface area contributed by atoms with Crippen molar-refractivity contribution in [1.29, 1.82) is 0 Å². The molecule has 7 nitrogen and oxygen atoms in total. The van der Waals surface area contributed by atoms with Crippen LogP contribution in [0.4, 0.5) is 13.2 Å². The third-order valence-electron chi connectivity index (χ3n) is 3.64. The minimum Gasteiger partial charge on any atom is -0.493 e. The average Bonchev–Trinajstić information content (AvgIpc) is 2.70. The molecule has 0 bridgehead atoms. The molecule has 162 valence electrons. The maximum atomic E-state index is 12.7. The topological polar surface area (TPSA) is 85.9 Å². The molecule has 0 radical (unpaired) electrons. The molecule has 2 aromatic carbocycles. The highest BCUT2D eigenvalue weighted by molar-refractivity contribution is 5.96. The van der Waals surface area contributed by atoms with Crippen LogP contribution in [0.25, 0.3) is 0 Å². The number of benzene rings is 2. The average molecular weight is 426 g/mol. The van der Waals surface area contributed by atoms with Crippen molar-refractivity contribution in [2.24, 2.45) is 0 Å². The lowest BCUT2D eigenvalue weighted by Crippen LogP contribution is -2.43. The highest BCUT2D eigenvalue weighted by Crippen LogP contribution is 2.31. The van der Waals surface area contributed by atoms with Crippen LogP contribution in [0.3, 0.4) is 0 Å². The molecule has 2 rings (SSSR count). The van der Waals surface area contributed by atoms with Crippen LogP contribution in [0, 0.1) is 0 Å². The number of nitrogens with one attached hydrogen (secondary N) is 2. The number of rotatable bonds is 7. The number of halogens is 3. The molecular formula is C20H21F3N2O5. The van der Waals surface area contributed by atoms with Crippen molar-refractivity contribution in [3.63, 3.8) is 0 Å². The Balaban J connectivity index is 1.90. The fraction of sp³-hybridized carbons (Fsp3) is 0.300. The van der Waals surface area contributed by atoms with Gasteiger partial charge in [-0.05, 0) is 50.2 Å².